The minimum atomic E-state index is -0.233. The number of unbranched alkanes of at least 4 members (excludes halogenated alkanes) is 3. The molecule has 0 nitrogen and oxygen atoms in total. The van der Waals surface area contributed by atoms with Crippen LogP contribution < -0.4 is 0 Å². The molecule has 74 valence electrons. The quantitative estimate of drug-likeness (QED) is 0.438. The Kier molecular flexibility index (Phi) is 8.34. The summed E-state index contributed by atoms with van der Waals surface area (Å²) >= 11 is 0. The average Bonchev–Trinajstić information content (AvgIpc) is 1.95. The molecule has 0 aliphatic rings. The summed E-state index contributed by atoms with van der Waals surface area (Å²) in [6.07, 6.45) is 6.05. The van der Waals surface area contributed by atoms with Crippen LogP contribution in [0.5, 0.6) is 0 Å². The molecule has 0 saturated carbocycles. The van der Waals surface area contributed by atoms with E-state index < -0.39 is 0 Å². The third-order valence-electron chi connectivity index (χ3n) is 2.31. The highest BCUT2D eigenvalue weighted by molar-refractivity contribution is 6.55. The molecule has 0 bridgehead atoms. The van der Waals surface area contributed by atoms with Gasteiger partial charge in [-0.1, -0.05) is 64.0 Å². The lowest BCUT2D eigenvalue weighted by atomic mass is 10.2. The van der Waals surface area contributed by atoms with Gasteiger partial charge in [-0.15, -0.1) is 0 Å². The van der Waals surface area contributed by atoms with Crippen LogP contribution in [-0.2, 0) is 0 Å². The minimum absolute atomic E-state index is 0.233. The smallest absolute Gasteiger partial charge is 0.0305 e. The molecule has 0 rings (SSSR count). The molecule has 0 radical (unpaired) electrons. The first-order valence-electron chi connectivity index (χ1n) is 5.63. The second-order valence-electron chi connectivity index (χ2n) is 4.78. The van der Waals surface area contributed by atoms with E-state index in [1.165, 1.54) is 25.7 Å². The van der Waals surface area contributed by atoms with Gasteiger partial charge in [0.05, 0.1) is 0 Å². The second kappa shape index (κ2) is 8.05. The molecule has 0 aromatic carbocycles. The van der Waals surface area contributed by atoms with Crippen molar-refractivity contribution in [3.8, 4) is 0 Å². The molecule has 0 aliphatic heterocycles. The van der Waals surface area contributed by atoms with Gasteiger partial charge in [-0.05, 0) is 0 Å². The van der Waals surface area contributed by atoms with Crippen LogP contribution in [0.15, 0.2) is 0 Å². The van der Waals surface area contributed by atoms with Crippen molar-refractivity contribution < 1.29 is 0 Å². The highest BCUT2D eigenvalue weighted by Crippen LogP contribution is 2.09. The monoisotopic (exact) mass is 202 g/mol. The summed E-state index contributed by atoms with van der Waals surface area (Å²) in [5.41, 5.74) is 0. The third-order valence-corrected chi connectivity index (χ3v) is 5.44. The molecule has 0 heterocycles. The van der Waals surface area contributed by atoms with Gasteiger partial charge in [0.1, 0.15) is 0 Å². The van der Waals surface area contributed by atoms with E-state index >= 15 is 0 Å². The van der Waals surface area contributed by atoms with Crippen LogP contribution in [0.4, 0.5) is 0 Å². The van der Waals surface area contributed by atoms with Gasteiger partial charge in [0.25, 0.3) is 0 Å². The van der Waals surface area contributed by atoms with E-state index in [2.05, 4.69) is 26.2 Å². The van der Waals surface area contributed by atoms with Gasteiger partial charge in [-0.3, -0.25) is 0 Å². The third kappa shape index (κ3) is 10.4. The van der Waals surface area contributed by atoms with Crippen molar-refractivity contribution in [3.63, 3.8) is 0 Å². The first-order valence-corrected chi connectivity index (χ1v) is 11.9. The lowest BCUT2D eigenvalue weighted by Gasteiger charge is -2.04. The molecule has 0 aromatic rings. The Balaban J connectivity index is 2.91. The molecular weight excluding hydrogens is 176 g/mol. The van der Waals surface area contributed by atoms with E-state index in [0.717, 1.165) is 0 Å². The fraction of sp³-hybridized carbons (Fsp3) is 1.00. The van der Waals surface area contributed by atoms with Gasteiger partial charge in [-0.2, -0.15) is 0 Å². The molecule has 2 heteroatoms. The SMILES string of the molecule is C[SiH](C)CCCCCC[SiH](C)C. The predicted octanol–water partition coefficient (Wildman–Crippen LogP) is 3.52. The van der Waals surface area contributed by atoms with E-state index in [9.17, 15) is 0 Å². The van der Waals surface area contributed by atoms with Crippen molar-refractivity contribution in [1.29, 1.82) is 0 Å². The summed E-state index contributed by atoms with van der Waals surface area (Å²) in [6, 6.07) is 3.14. The topological polar surface area (TPSA) is 0 Å². The molecule has 0 spiro atoms. The Labute approximate surface area is 82.0 Å². The molecule has 0 unspecified atom stereocenters. The highest BCUT2D eigenvalue weighted by Gasteiger charge is 1.97. The molecular formula is C10H26Si2. The lowest BCUT2D eigenvalue weighted by Crippen LogP contribution is -1.99. The first-order chi connectivity index (χ1) is 5.63. The van der Waals surface area contributed by atoms with Crippen LogP contribution in [0.1, 0.15) is 25.7 Å². The zero-order valence-corrected chi connectivity index (χ0v) is 11.7. The van der Waals surface area contributed by atoms with Gasteiger partial charge in [0, 0.05) is 17.6 Å². The van der Waals surface area contributed by atoms with Crippen LogP contribution in [0.3, 0.4) is 0 Å². The van der Waals surface area contributed by atoms with E-state index in [1.807, 2.05) is 0 Å². The molecule has 0 amide bonds. The molecule has 12 heavy (non-hydrogen) atoms. The lowest BCUT2D eigenvalue weighted by molar-refractivity contribution is 0.696. The van der Waals surface area contributed by atoms with Crippen molar-refractivity contribution in [2.24, 2.45) is 0 Å². The highest BCUT2D eigenvalue weighted by atomic mass is 28.3. The van der Waals surface area contributed by atoms with Crippen molar-refractivity contribution in [2.75, 3.05) is 0 Å². The Morgan fingerprint density at radius 1 is 0.583 bits per heavy atom. The van der Waals surface area contributed by atoms with Gasteiger partial charge >= 0.3 is 0 Å². The predicted molar refractivity (Wildman–Crippen MR) is 65.8 cm³/mol. The fourth-order valence-corrected chi connectivity index (χ4v) is 3.67. The molecule has 0 fully saturated rings. The second-order valence-corrected chi connectivity index (χ2v) is 11.5. The molecule has 0 aromatic heterocycles. The summed E-state index contributed by atoms with van der Waals surface area (Å²) in [5, 5.41) is 0. The normalized spacial score (nSPS) is 11.5. The zero-order valence-electron chi connectivity index (χ0n) is 9.40. The van der Waals surface area contributed by atoms with Gasteiger partial charge in [-0.25, -0.2) is 0 Å². The zero-order chi connectivity index (χ0) is 9.40. The van der Waals surface area contributed by atoms with Crippen molar-refractivity contribution >= 4 is 17.6 Å². The van der Waals surface area contributed by atoms with Crippen molar-refractivity contribution in [3.05, 3.63) is 0 Å². The Hall–Kier alpha value is 0.434. The summed E-state index contributed by atoms with van der Waals surface area (Å²) in [4.78, 5) is 0. The van der Waals surface area contributed by atoms with Crippen LogP contribution >= 0.6 is 0 Å². The minimum Gasteiger partial charge on any atom is -0.0722 e. The van der Waals surface area contributed by atoms with Crippen LogP contribution in [-0.4, -0.2) is 17.6 Å². The number of hydrogen-bond donors (Lipinski definition) is 0. The maximum atomic E-state index is 2.46. The fourth-order valence-electron chi connectivity index (χ4n) is 1.46. The van der Waals surface area contributed by atoms with E-state index in [-0.39, 0.29) is 17.6 Å². The van der Waals surface area contributed by atoms with E-state index in [4.69, 9.17) is 0 Å². The van der Waals surface area contributed by atoms with Crippen molar-refractivity contribution in [2.45, 2.75) is 64.0 Å². The van der Waals surface area contributed by atoms with E-state index in [0.29, 0.717) is 0 Å². The number of rotatable bonds is 7. The van der Waals surface area contributed by atoms with E-state index in [1.54, 1.807) is 12.1 Å². The number of hydrogen-bond acceptors (Lipinski definition) is 0. The maximum Gasteiger partial charge on any atom is 0.0305 e. The van der Waals surface area contributed by atoms with Crippen LogP contribution in [0, 0.1) is 0 Å². The van der Waals surface area contributed by atoms with Gasteiger partial charge in [0.2, 0.25) is 0 Å². The first kappa shape index (κ1) is 12.4. The molecule has 0 aliphatic carbocycles. The largest absolute Gasteiger partial charge is 0.0722 e. The van der Waals surface area contributed by atoms with Crippen LogP contribution in [0.25, 0.3) is 0 Å². The Bertz CT molecular complexity index is 77.8. The summed E-state index contributed by atoms with van der Waals surface area (Å²) in [6.45, 7) is 9.84. The summed E-state index contributed by atoms with van der Waals surface area (Å²) < 4.78 is 0. The molecule has 0 saturated heterocycles. The van der Waals surface area contributed by atoms with Gasteiger partial charge < -0.3 is 0 Å². The average molecular weight is 202 g/mol. The Morgan fingerprint density at radius 2 is 0.917 bits per heavy atom. The van der Waals surface area contributed by atoms with Gasteiger partial charge in [0.15, 0.2) is 0 Å². The summed E-state index contributed by atoms with van der Waals surface area (Å²) in [7, 11) is -0.466. The van der Waals surface area contributed by atoms with Crippen LogP contribution in [0.2, 0.25) is 38.3 Å². The molecule has 0 N–H and O–H groups in total. The maximum absolute atomic E-state index is 2.46. The standard InChI is InChI=1S/C10H26Si2/c1-11(2)9-7-5-6-8-10-12(3)4/h11-12H,5-10H2,1-4H3. The van der Waals surface area contributed by atoms with Crippen molar-refractivity contribution in [1.82, 2.24) is 0 Å². The summed E-state index contributed by atoms with van der Waals surface area (Å²) in [5.74, 6) is 0. The Morgan fingerprint density at radius 3 is 1.17 bits per heavy atom. The molecule has 0 atom stereocenters.